The average Bonchev–Trinajstić information content (AvgIpc) is 3.13. The Morgan fingerprint density at radius 2 is 2.03 bits per heavy atom. The molecule has 1 aromatic heterocycles. The lowest BCUT2D eigenvalue weighted by Crippen LogP contribution is -2.43. The zero-order valence-corrected chi connectivity index (χ0v) is 18.0. The highest BCUT2D eigenvalue weighted by molar-refractivity contribution is 7.20. The number of rotatable bonds is 6. The van der Waals surface area contributed by atoms with Crippen LogP contribution in [0, 0.1) is 0 Å². The first kappa shape index (κ1) is 20.6. The van der Waals surface area contributed by atoms with Gasteiger partial charge in [0.1, 0.15) is 12.4 Å². The van der Waals surface area contributed by atoms with E-state index >= 15 is 0 Å². The predicted molar refractivity (Wildman–Crippen MR) is 120 cm³/mol. The van der Waals surface area contributed by atoms with E-state index in [9.17, 15) is 9.90 Å². The molecule has 7 nitrogen and oxygen atoms in total. The van der Waals surface area contributed by atoms with Gasteiger partial charge in [-0.3, -0.25) is 4.90 Å². The van der Waals surface area contributed by atoms with Gasteiger partial charge >= 0.3 is 5.97 Å². The molecule has 0 radical (unpaired) electrons. The van der Waals surface area contributed by atoms with Gasteiger partial charge in [-0.25, -0.2) is 4.79 Å². The lowest BCUT2D eigenvalue weighted by Gasteiger charge is -2.36. The van der Waals surface area contributed by atoms with Crippen LogP contribution in [0.2, 0.25) is 0 Å². The Morgan fingerprint density at radius 3 is 2.77 bits per heavy atom. The molecule has 3 aromatic rings. The maximum absolute atomic E-state index is 11.4. The SMILES string of the molecule is COCCOc1cc(-c2cccc(C(=O)O)c2)cc2sc3c(c12)N(C)CN(C)C3N. The van der Waals surface area contributed by atoms with Crippen LogP contribution in [-0.2, 0) is 4.74 Å². The van der Waals surface area contributed by atoms with Gasteiger partial charge in [0.25, 0.3) is 0 Å². The molecular formula is C22H25N3O4S. The number of ether oxygens (including phenoxy) is 2. The minimum Gasteiger partial charge on any atom is -0.490 e. The Labute approximate surface area is 179 Å². The summed E-state index contributed by atoms with van der Waals surface area (Å²) in [4.78, 5) is 16.8. The maximum Gasteiger partial charge on any atom is 0.335 e. The van der Waals surface area contributed by atoms with Crippen molar-refractivity contribution in [2.24, 2.45) is 5.73 Å². The van der Waals surface area contributed by atoms with Gasteiger partial charge < -0.3 is 25.2 Å². The number of carboxylic acid groups (broad SMARTS) is 1. The van der Waals surface area contributed by atoms with E-state index in [0.717, 1.165) is 44.2 Å². The monoisotopic (exact) mass is 427 g/mol. The van der Waals surface area contributed by atoms with Crippen LogP contribution in [0.15, 0.2) is 36.4 Å². The number of carbonyl (C=O) groups is 1. The van der Waals surface area contributed by atoms with Crippen LogP contribution in [0.25, 0.3) is 21.2 Å². The molecule has 1 aliphatic rings. The molecule has 0 bridgehead atoms. The van der Waals surface area contributed by atoms with Crippen LogP contribution in [0.5, 0.6) is 5.75 Å². The Hall–Kier alpha value is -2.65. The van der Waals surface area contributed by atoms with Gasteiger partial charge in [-0.1, -0.05) is 12.1 Å². The number of hydrogen-bond acceptors (Lipinski definition) is 7. The summed E-state index contributed by atoms with van der Waals surface area (Å²) >= 11 is 1.65. The third-order valence-electron chi connectivity index (χ3n) is 5.30. The standard InChI is InChI=1S/C22H25N3O4S/c1-24-12-25(2)21(23)20-19(24)18-16(29-8-7-28-3)10-15(11-17(18)30-20)13-5-4-6-14(9-13)22(26)27/h4-6,9-11,21H,7-8,12,23H2,1-3H3,(H,26,27). The summed E-state index contributed by atoms with van der Waals surface area (Å²) in [5.41, 5.74) is 9.55. The van der Waals surface area contributed by atoms with E-state index in [-0.39, 0.29) is 11.7 Å². The predicted octanol–water partition coefficient (Wildman–Crippen LogP) is 3.59. The third kappa shape index (κ3) is 3.63. The first-order valence-corrected chi connectivity index (χ1v) is 10.4. The zero-order chi connectivity index (χ0) is 21.4. The Bertz CT molecular complexity index is 1100. The van der Waals surface area contributed by atoms with Crippen molar-refractivity contribution in [2.45, 2.75) is 6.17 Å². The Morgan fingerprint density at radius 1 is 1.23 bits per heavy atom. The smallest absolute Gasteiger partial charge is 0.335 e. The molecule has 1 atom stereocenters. The van der Waals surface area contributed by atoms with Crippen LogP contribution in [0.4, 0.5) is 5.69 Å². The summed E-state index contributed by atoms with van der Waals surface area (Å²) in [5, 5.41) is 10.4. The molecule has 8 heteroatoms. The van der Waals surface area contributed by atoms with Crippen molar-refractivity contribution in [3.8, 4) is 16.9 Å². The maximum atomic E-state index is 11.4. The molecule has 2 heterocycles. The molecule has 30 heavy (non-hydrogen) atoms. The van der Waals surface area contributed by atoms with Gasteiger partial charge in [0.2, 0.25) is 0 Å². The van der Waals surface area contributed by atoms with Gasteiger partial charge in [0, 0.05) is 18.9 Å². The van der Waals surface area contributed by atoms with Crippen LogP contribution in [-0.4, -0.2) is 57.1 Å². The van der Waals surface area contributed by atoms with Gasteiger partial charge in [0.15, 0.2) is 0 Å². The number of fused-ring (bicyclic) bond motifs is 3. The van der Waals surface area contributed by atoms with Crippen LogP contribution in [0.3, 0.4) is 0 Å². The van der Waals surface area contributed by atoms with Crippen molar-refractivity contribution in [3.63, 3.8) is 0 Å². The highest BCUT2D eigenvalue weighted by atomic mass is 32.1. The van der Waals surface area contributed by atoms with E-state index in [2.05, 4.69) is 22.9 Å². The topological polar surface area (TPSA) is 88.3 Å². The van der Waals surface area contributed by atoms with Crippen LogP contribution < -0.4 is 15.4 Å². The number of anilines is 1. The molecule has 2 aromatic carbocycles. The van der Waals surface area contributed by atoms with Crippen molar-refractivity contribution >= 4 is 33.1 Å². The lowest BCUT2D eigenvalue weighted by molar-refractivity contribution is 0.0697. The van der Waals surface area contributed by atoms with Crippen molar-refractivity contribution < 1.29 is 19.4 Å². The molecule has 1 unspecified atom stereocenters. The van der Waals surface area contributed by atoms with Gasteiger partial charge in [0.05, 0.1) is 41.0 Å². The van der Waals surface area contributed by atoms with E-state index in [4.69, 9.17) is 15.2 Å². The lowest BCUT2D eigenvalue weighted by atomic mass is 10.0. The quantitative estimate of drug-likeness (QED) is 0.581. The van der Waals surface area contributed by atoms with Crippen molar-refractivity contribution in [2.75, 3.05) is 46.0 Å². The molecule has 0 aliphatic carbocycles. The van der Waals surface area contributed by atoms with Crippen LogP contribution in [0.1, 0.15) is 21.4 Å². The summed E-state index contributed by atoms with van der Waals surface area (Å²) in [6.45, 7) is 1.62. The zero-order valence-electron chi connectivity index (χ0n) is 17.2. The van der Waals surface area contributed by atoms with Crippen molar-refractivity contribution in [1.29, 1.82) is 0 Å². The number of carboxylic acids is 1. The van der Waals surface area contributed by atoms with E-state index in [0.29, 0.717) is 13.2 Å². The summed E-state index contributed by atoms with van der Waals surface area (Å²) in [5.74, 6) is -0.196. The summed E-state index contributed by atoms with van der Waals surface area (Å²) in [6, 6.07) is 11.0. The fraction of sp³-hybridized carbons (Fsp3) is 0.318. The molecular weight excluding hydrogens is 402 g/mol. The summed E-state index contributed by atoms with van der Waals surface area (Å²) < 4.78 is 12.3. The number of aromatic carboxylic acids is 1. The molecule has 0 saturated carbocycles. The Kier molecular flexibility index (Phi) is 5.66. The molecule has 0 amide bonds. The molecule has 0 fully saturated rings. The van der Waals surface area contributed by atoms with E-state index in [1.807, 2.05) is 19.2 Å². The summed E-state index contributed by atoms with van der Waals surface area (Å²) in [6.07, 6.45) is -0.181. The molecule has 4 rings (SSSR count). The van der Waals surface area contributed by atoms with E-state index < -0.39 is 5.97 Å². The number of benzene rings is 2. The first-order valence-electron chi connectivity index (χ1n) is 9.63. The minimum absolute atomic E-state index is 0.181. The molecule has 1 aliphatic heterocycles. The second-order valence-electron chi connectivity index (χ2n) is 7.43. The molecule has 0 saturated heterocycles. The minimum atomic E-state index is -0.947. The largest absolute Gasteiger partial charge is 0.490 e. The molecule has 158 valence electrons. The second-order valence-corrected chi connectivity index (χ2v) is 8.51. The summed E-state index contributed by atoms with van der Waals surface area (Å²) in [7, 11) is 5.70. The number of nitrogens with two attached hydrogens (primary N) is 1. The second kappa shape index (κ2) is 8.23. The third-order valence-corrected chi connectivity index (χ3v) is 6.50. The highest BCUT2D eigenvalue weighted by Crippen LogP contribution is 2.49. The number of methoxy groups -OCH3 is 1. The van der Waals surface area contributed by atoms with Gasteiger partial charge in [-0.2, -0.15) is 0 Å². The molecule has 3 N–H and O–H groups in total. The fourth-order valence-electron chi connectivity index (χ4n) is 3.81. The molecule has 0 spiro atoms. The van der Waals surface area contributed by atoms with Crippen molar-refractivity contribution in [1.82, 2.24) is 4.90 Å². The number of nitrogens with zero attached hydrogens (tertiary/aromatic N) is 2. The Balaban J connectivity index is 1.90. The average molecular weight is 428 g/mol. The van der Waals surface area contributed by atoms with E-state index in [1.165, 1.54) is 0 Å². The first-order chi connectivity index (χ1) is 14.4. The van der Waals surface area contributed by atoms with Gasteiger partial charge in [-0.15, -0.1) is 11.3 Å². The number of hydrogen-bond donors (Lipinski definition) is 2. The highest BCUT2D eigenvalue weighted by Gasteiger charge is 2.30. The van der Waals surface area contributed by atoms with E-state index in [1.54, 1.807) is 36.6 Å². The fourth-order valence-corrected chi connectivity index (χ4v) is 5.19. The van der Waals surface area contributed by atoms with Crippen LogP contribution >= 0.6 is 11.3 Å². The normalized spacial score (nSPS) is 16.7. The van der Waals surface area contributed by atoms with Crippen molar-refractivity contribution in [3.05, 3.63) is 46.8 Å². The van der Waals surface area contributed by atoms with Gasteiger partial charge in [-0.05, 0) is 42.4 Å². The number of thiophene rings is 1.